The van der Waals surface area contributed by atoms with Crippen molar-refractivity contribution in [3.63, 3.8) is 0 Å². The van der Waals surface area contributed by atoms with Crippen molar-refractivity contribution >= 4 is 51.0 Å². The first-order valence-electron chi connectivity index (χ1n) is 8.40. The van der Waals surface area contributed by atoms with Crippen LogP contribution in [0, 0.1) is 0 Å². The summed E-state index contributed by atoms with van der Waals surface area (Å²) >= 11 is 15.3. The van der Waals surface area contributed by atoms with Gasteiger partial charge in [0.05, 0.1) is 15.6 Å². The molecular formula is C22H13BrCl2O3. The van der Waals surface area contributed by atoms with E-state index >= 15 is 0 Å². The van der Waals surface area contributed by atoms with E-state index in [1.165, 1.54) is 0 Å². The van der Waals surface area contributed by atoms with Gasteiger partial charge in [-0.3, -0.25) is 4.79 Å². The lowest BCUT2D eigenvalue weighted by atomic mass is 10.1. The van der Waals surface area contributed by atoms with Gasteiger partial charge in [0.15, 0.2) is 5.76 Å². The highest BCUT2D eigenvalue weighted by Gasteiger charge is 2.27. The Bertz CT molecular complexity index is 1090. The van der Waals surface area contributed by atoms with Crippen LogP contribution < -0.4 is 9.47 Å². The van der Waals surface area contributed by atoms with Crippen LogP contribution in [0.4, 0.5) is 0 Å². The fraction of sp³-hybridized carbons (Fsp3) is 0.0455. The van der Waals surface area contributed by atoms with Gasteiger partial charge < -0.3 is 9.47 Å². The fourth-order valence-corrected chi connectivity index (χ4v) is 3.35. The summed E-state index contributed by atoms with van der Waals surface area (Å²) in [6.45, 7) is 0.325. The zero-order valence-corrected chi connectivity index (χ0v) is 17.5. The molecule has 3 nitrogen and oxygen atoms in total. The van der Waals surface area contributed by atoms with E-state index in [9.17, 15) is 4.79 Å². The number of rotatable bonds is 4. The third-order valence-electron chi connectivity index (χ3n) is 4.20. The van der Waals surface area contributed by atoms with Crippen LogP contribution in [0.15, 0.2) is 70.9 Å². The van der Waals surface area contributed by atoms with Gasteiger partial charge >= 0.3 is 0 Å². The third kappa shape index (κ3) is 4.09. The minimum atomic E-state index is -0.144. The highest BCUT2D eigenvalue weighted by molar-refractivity contribution is 9.10. The van der Waals surface area contributed by atoms with Crippen molar-refractivity contribution in [1.29, 1.82) is 0 Å². The second kappa shape index (κ2) is 8.00. The first kappa shape index (κ1) is 19.1. The van der Waals surface area contributed by atoms with Crippen molar-refractivity contribution < 1.29 is 14.3 Å². The fourth-order valence-electron chi connectivity index (χ4n) is 2.76. The Labute approximate surface area is 180 Å². The SMILES string of the molecule is O=C1/C(=C/c2ccc(Br)cc2)Oc2cc(OCc3ccc(Cl)c(Cl)c3)ccc21. The molecule has 0 bridgehead atoms. The second-order valence-corrected chi connectivity index (χ2v) is 7.92. The van der Waals surface area contributed by atoms with Gasteiger partial charge in [0.1, 0.15) is 18.1 Å². The molecule has 0 N–H and O–H groups in total. The van der Waals surface area contributed by atoms with Crippen LogP contribution in [0.5, 0.6) is 11.5 Å². The minimum absolute atomic E-state index is 0.144. The van der Waals surface area contributed by atoms with Crippen LogP contribution in [0.3, 0.4) is 0 Å². The van der Waals surface area contributed by atoms with Gasteiger partial charge in [-0.05, 0) is 53.6 Å². The Hall–Kier alpha value is -2.27. The van der Waals surface area contributed by atoms with E-state index in [0.29, 0.717) is 39.5 Å². The van der Waals surface area contributed by atoms with E-state index in [-0.39, 0.29) is 5.78 Å². The average Bonchev–Trinajstić information content (AvgIpc) is 2.99. The molecule has 6 heteroatoms. The number of Topliss-reactive ketones (excluding diaryl/α,β-unsaturated/α-hetero) is 1. The van der Waals surface area contributed by atoms with E-state index < -0.39 is 0 Å². The summed E-state index contributed by atoms with van der Waals surface area (Å²) in [5.74, 6) is 1.23. The van der Waals surface area contributed by atoms with E-state index in [0.717, 1.165) is 15.6 Å². The second-order valence-electron chi connectivity index (χ2n) is 6.19. The molecule has 0 spiro atoms. The van der Waals surface area contributed by atoms with Crippen molar-refractivity contribution in [2.75, 3.05) is 0 Å². The topological polar surface area (TPSA) is 35.5 Å². The average molecular weight is 476 g/mol. The Balaban J connectivity index is 1.50. The van der Waals surface area contributed by atoms with Crippen molar-refractivity contribution in [1.82, 2.24) is 0 Å². The summed E-state index contributed by atoms with van der Waals surface area (Å²) in [6.07, 6.45) is 1.73. The van der Waals surface area contributed by atoms with Crippen LogP contribution in [-0.2, 0) is 6.61 Å². The van der Waals surface area contributed by atoms with Gasteiger partial charge in [0.2, 0.25) is 5.78 Å². The van der Waals surface area contributed by atoms with Crippen LogP contribution >= 0.6 is 39.1 Å². The first-order chi connectivity index (χ1) is 13.5. The van der Waals surface area contributed by atoms with Gasteiger partial charge in [-0.1, -0.05) is 57.3 Å². The van der Waals surface area contributed by atoms with Crippen molar-refractivity contribution in [2.24, 2.45) is 0 Å². The number of hydrogen-bond acceptors (Lipinski definition) is 3. The molecule has 3 aromatic carbocycles. The van der Waals surface area contributed by atoms with Gasteiger partial charge in [-0.15, -0.1) is 0 Å². The molecule has 140 valence electrons. The van der Waals surface area contributed by atoms with Crippen molar-refractivity contribution in [3.05, 3.63) is 97.6 Å². The molecule has 1 aliphatic rings. The van der Waals surface area contributed by atoms with Gasteiger partial charge in [0, 0.05) is 10.5 Å². The largest absolute Gasteiger partial charge is 0.489 e. The molecule has 4 rings (SSSR count). The molecule has 0 radical (unpaired) electrons. The van der Waals surface area contributed by atoms with Crippen LogP contribution in [0.1, 0.15) is 21.5 Å². The Morgan fingerprint density at radius 2 is 1.75 bits per heavy atom. The molecule has 1 heterocycles. The number of halogens is 3. The number of ether oxygens (including phenoxy) is 2. The maximum absolute atomic E-state index is 12.6. The zero-order chi connectivity index (χ0) is 19.7. The lowest BCUT2D eigenvalue weighted by Gasteiger charge is -2.08. The standard InChI is InChI=1S/C22H13BrCl2O3/c23-15-4-1-13(2-5-15)10-21-22(26)17-7-6-16(11-20(17)28-21)27-12-14-3-8-18(24)19(25)9-14/h1-11H,12H2/b21-10-. The van der Waals surface area contributed by atoms with E-state index in [2.05, 4.69) is 15.9 Å². The number of benzene rings is 3. The monoisotopic (exact) mass is 474 g/mol. The molecule has 1 aliphatic heterocycles. The molecule has 3 aromatic rings. The highest BCUT2D eigenvalue weighted by Crippen LogP contribution is 2.35. The Kier molecular flexibility index (Phi) is 5.44. The highest BCUT2D eigenvalue weighted by atomic mass is 79.9. The zero-order valence-electron chi connectivity index (χ0n) is 14.4. The van der Waals surface area contributed by atoms with E-state index in [4.69, 9.17) is 32.7 Å². The molecule has 0 aliphatic carbocycles. The summed E-state index contributed by atoms with van der Waals surface area (Å²) in [6, 6.07) is 18.1. The lowest BCUT2D eigenvalue weighted by Crippen LogP contribution is -1.98. The number of fused-ring (bicyclic) bond motifs is 1. The van der Waals surface area contributed by atoms with Gasteiger partial charge in [-0.2, -0.15) is 0 Å². The summed E-state index contributed by atoms with van der Waals surface area (Å²) in [5, 5.41) is 0.980. The number of allylic oxidation sites excluding steroid dienone is 1. The van der Waals surface area contributed by atoms with Crippen LogP contribution in [-0.4, -0.2) is 5.78 Å². The molecule has 0 amide bonds. The summed E-state index contributed by atoms with van der Waals surface area (Å²) < 4.78 is 12.5. The molecule has 0 fully saturated rings. The van der Waals surface area contributed by atoms with Crippen molar-refractivity contribution in [2.45, 2.75) is 6.61 Å². The smallest absolute Gasteiger partial charge is 0.231 e. The number of ketones is 1. The van der Waals surface area contributed by atoms with Crippen molar-refractivity contribution in [3.8, 4) is 11.5 Å². The summed E-state index contributed by atoms with van der Waals surface area (Å²) in [4.78, 5) is 12.6. The maximum atomic E-state index is 12.6. The number of carbonyl (C=O) groups is 1. The minimum Gasteiger partial charge on any atom is -0.489 e. The van der Waals surface area contributed by atoms with E-state index in [1.54, 1.807) is 36.4 Å². The normalized spacial score (nSPS) is 14.1. The molecular weight excluding hydrogens is 463 g/mol. The van der Waals surface area contributed by atoms with Gasteiger partial charge in [-0.25, -0.2) is 0 Å². The molecule has 0 saturated carbocycles. The predicted molar refractivity (Wildman–Crippen MR) is 114 cm³/mol. The molecule has 0 unspecified atom stereocenters. The third-order valence-corrected chi connectivity index (χ3v) is 5.47. The summed E-state index contributed by atoms with van der Waals surface area (Å²) in [5.41, 5.74) is 2.29. The molecule has 28 heavy (non-hydrogen) atoms. The summed E-state index contributed by atoms with van der Waals surface area (Å²) in [7, 11) is 0. The van der Waals surface area contributed by atoms with Crippen LogP contribution in [0.25, 0.3) is 6.08 Å². The van der Waals surface area contributed by atoms with Gasteiger partial charge in [0.25, 0.3) is 0 Å². The molecule has 0 atom stereocenters. The van der Waals surface area contributed by atoms with E-state index in [1.807, 2.05) is 30.3 Å². The Morgan fingerprint density at radius 1 is 0.964 bits per heavy atom. The maximum Gasteiger partial charge on any atom is 0.231 e. The number of carbonyl (C=O) groups excluding carboxylic acids is 1. The van der Waals surface area contributed by atoms with Crippen LogP contribution in [0.2, 0.25) is 10.0 Å². The lowest BCUT2D eigenvalue weighted by molar-refractivity contribution is 0.101. The number of hydrogen-bond donors (Lipinski definition) is 0. The predicted octanol–water partition coefficient (Wildman–Crippen LogP) is 6.95. The molecule has 0 saturated heterocycles. The Morgan fingerprint density at radius 3 is 2.50 bits per heavy atom. The quantitative estimate of drug-likeness (QED) is 0.383. The first-order valence-corrected chi connectivity index (χ1v) is 9.95. The molecule has 0 aromatic heterocycles.